The zero-order valence-corrected chi connectivity index (χ0v) is 18.5. The van der Waals surface area contributed by atoms with E-state index in [0.717, 1.165) is 6.21 Å². The Labute approximate surface area is 192 Å². The molecule has 0 atom stereocenters. The Morgan fingerprint density at radius 3 is 2.55 bits per heavy atom. The van der Waals surface area contributed by atoms with Crippen molar-refractivity contribution < 1.29 is 24.5 Å². The molecule has 0 bridgehead atoms. The van der Waals surface area contributed by atoms with Crippen LogP contribution in [-0.4, -0.2) is 44.5 Å². The highest BCUT2D eigenvalue weighted by Gasteiger charge is 2.13. The lowest BCUT2D eigenvalue weighted by Gasteiger charge is -2.12. The minimum Gasteiger partial charge on any atom is -0.494 e. The molecule has 0 spiro atoms. The number of carbonyl (C=O) groups is 2. The molecule has 11 heteroatoms. The molecule has 4 N–H and O–H groups in total. The zero-order valence-electron chi connectivity index (χ0n) is 17.7. The second-order valence-electron chi connectivity index (χ2n) is 6.77. The number of aromatic nitrogens is 2. The first-order chi connectivity index (χ1) is 15.7. The Hall–Kier alpha value is -4.25. The maximum absolute atomic E-state index is 12.4. The smallest absolute Gasteiger partial charge is 0.335 e. The van der Waals surface area contributed by atoms with E-state index in [2.05, 4.69) is 15.3 Å². The lowest BCUT2D eigenvalue weighted by atomic mass is 10.1. The van der Waals surface area contributed by atoms with E-state index in [0.29, 0.717) is 18.0 Å². The molecule has 0 saturated heterocycles. The fourth-order valence-electron chi connectivity index (χ4n) is 2.98. The third-order valence-electron chi connectivity index (χ3n) is 4.35. The van der Waals surface area contributed by atoms with Crippen molar-refractivity contribution in [3.8, 4) is 17.3 Å². The minimum absolute atomic E-state index is 0.0281. The number of aromatic amines is 1. The first-order valence-corrected chi connectivity index (χ1v) is 10.1. The summed E-state index contributed by atoms with van der Waals surface area (Å²) in [6.45, 7) is 3.63. The summed E-state index contributed by atoms with van der Waals surface area (Å²) in [5.41, 5.74) is -0.144. The summed E-state index contributed by atoms with van der Waals surface area (Å²) in [4.78, 5) is 41.8. The number of hydrogen-bond donors (Lipinski definition) is 4. The topological polar surface area (TPSA) is 146 Å². The molecule has 1 amide bonds. The van der Waals surface area contributed by atoms with Gasteiger partial charge < -0.3 is 20.3 Å². The quantitative estimate of drug-likeness (QED) is 0.307. The molecular formula is C22H20N4O6S. The van der Waals surface area contributed by atoms with E-state index in [1.165, 1.54) is 29.7 Å². The van der Waals surface area contributed by atoms with Gasteiger partial charge in [-0.1, -0.05) is 0 Å². The number of nitrogens with zero attached hydrogens (tertiary/aromatic N) is 2. The van der Waals surface area contributed by atoms with Crippen LogP contribution in [0.4, 0.5) is 11.4 Å². The highest BCUT2D eigenvalue weighted by Crippen LogP contribution is 2.24. The molecule has 10 nitrogen and oxygen atoms in total. The molecule has 3 aromatic rings. The average molecular weight is 468 g/mol. The number of ether oxygens (including phenoxy) is 1. The van der Waals surface area contributed by atoms with Crippen LogP contribution in [0, 0.1) is 4.77 Å². The molecule has 0 radical (unpaired) electrons. The van der Waals surface area contributed by atoms with Gasteiger partial charge in [-0.2, -0.15) is 0 Å². The van der Waals surface area contributed by atoms with E-state index < -0.39 is 17.4 Å². The molecule has 0 fully saturated rings. The molecule has 3 rings (SSSR count). The van der Waals surface area contributed by atoms with Crippen LogP contribution in [0.15, 0.2) is 52.3 Å². The largest absolute Gasteiger partial charge is 0.494 e. The van der Waals surface area contributed by atoms with Crippen LogP contribution in [0.5, 0.6) is 11.6 Å². The SMILES string of the molecule is CCOc1ccc(-n2c(O)c(C=Nc3cc(NC(C)=O)cc(C(=O)O)c3)c(=O)[nH]c2=S)cc1. The normalized spacial score (nSPS) is 10.8. The van der Waals surface area contributed by atoms with Crippen LogP contribution in [0.25, 0.3) is 5.69 Å². The van der Waals surface area contributed by atoms with Crippen molar-refractivity contribution in [1.82, 2.24) is 9.55 Å². The number of hydrogen-bond acceptors (Lipinski definition) is 7. The van der Waals surface area contributed by atoms with Crippen molar-refractivity contribution in [2.75, 3.05) is 11.9 Å². The molecule has 33 heavy (non-hydrogen) atoms. The average Bonchev–Trinajstić information content (AvgIpc) is 2.74. The van der Waals surface area contributed by atoms with Crippen molar-refractivity contribution in [2.45, 2.75) is 13.8 Å². The maximum atomic E-state index is 12.4. The zero-order chi connectivity index (χ0) is 24.1. The van der Waals surface area contributed by atoms with Gasteiger partial charge in [-0.3, -0.25) is 24.1 Å². The van der Waals surface area contributed by atoms with E-state index in [1.807, 2.05) is 6.92 Å². The van der Waals surface area contributed by atoms with Crippen LogP contribution >= 0.6 is 12.2 Å². The molecule has 0 saturated carbocycles. The molecule has 0 aliphatic rings. The first-order valence-electron chi connectivity index (χ1n) is 9.71. The van der Waals surface area contributed by atoms with Crippen LogP contribution in [0.3, 0.4) is 0 Å². The Balaban J connectivity index is 2.06. The van der Waals surface area contributed by atoms with E-state index in [4.69, 9.17) is 17.0 Å². The van der Waals surface area contributed by atoms with Crippen LogP contribution < -0.4 is 15.6 Å². The summed E-state index contributed by atoms with van der Waals surface area (Å²) in [6, 6.07) is 10.7. The highest BCUT2D eigenvalue weighted by molar-refractivity contribution is 7.71. The van der Waals surface area contributed by atoms with E-state index in [9.17, 15) is 24.6 Å². The van der Waals surface area contributed by atoms with E-state index in [1.54, 1.807) is 24.3 Å². The minimum atomic E-state index is -1.22. The summed E-state index contributed by atoms with van der Waals surface area (Å²) in [7, 11) is 0. The van der Waals surface area contributed by atoms with Crippen LogP contribution in [-0.2, 0) is 4.79 Å². The number of carboxylic acids is 1. The summed E-state index contributed by atoms with van der Waals surface area (Å²) in [5, 5.41) is 22.6. The monoisotopic (exact) mass is 468 g/mol. The van der Waals surface area contributed by atoms with Gasteiger partial charge >= 0.3 is 5.97 Å². The molecule has 1 aromatic heterocycles. The molecular weight excluding hydrogens is 448 g/mol. The molecule has 2 aromatic carbocycles. The van der Waals surface area contributed by atoms with Crippen LogP contribution in [0.1, 0.15) is 29.8 Å². The maximum Gasteiger partial charge on any atom is 0.335 e. The number of aliphatic imine (C=N–C) groups is 1. The predicted octanol–water partition coefficient (Wildman–Crippen LogP) is 3.41. The Morgan fingerprint density at radius 2 is 1.94 bits per heavy atom. The van der Waals surface area contributed by atoms with Crippen molar-refractivity contribution in [2.24, 2.45) is 4.99 Å². The number of benzene rings is 2. The van der Waals surface area contributed by atoms with Crippen molar-refractivity contribution in [3.05, 3.63) is 68.7 Å². The number of H-pyrrole nitrogens is 1. The number of carbonyl (C=O) groups excluding carboxylic acids is 1. The van der Waals surface area contributed by atoms with Gasteiger partial charge in [0.2, 0.25) is 11.8 Å². The Kier molecular flexibility index (Phi) is 7.04. The summed E-state index contributed by atoms with van der Waals surface area (Å²) in [6.07, 6.45) is 1.09. The number of rotatable bonds is 7. The highest BCUT2D eigenvalue weighted by atomic mass is 32.1. The lowest BCUT2D eigenvalue weighted by molar-refractivity contribution is -0.114. The summed E-state index contributed by atoms with van der Waals surface area (Å²) < 4.78 is 6.63. The second-order valence-corrected chi connectivity index (χ2v) is 7.16. The van der Waals surface area contributed by atoms with Gasteiger partial charge in [-0.05, 0) is 61.6 Å². The fourth-order valence-corrected chi connectivity index (χ4v) is 3.26. The Morgan fingerprint density at radius 1 is 1.24 bits per heavy atom. The second kappa shape index (κ2) is 9.92. The molecule has 0 aliphatic heterocycles. The molecule has 1 heterocycles. The fraction of sp³-hybridized carbons (Fsp3) is 0.136. The summed E-state index contributed by atoms with van der Waals surface area (Å²) in [5.74, 6) is -1.43. The molecule has 0 unspecified atom stereocenters. The lowest BCUT2D eigenvalue weighted by Crippen LogP contribution is -2.18. The number of anilines is 1. The number of aromatic hydroxyl groups is 1. The summed E-state index contributed by atoms with van der Waals surface area (Å²) >= 11 is 5.20. The Bertz CT molecular complexity index is 1360. The van der Waals surface area contributed by atoms with E-state index >= 15 is 0 Å². The van der Waals surface area contributed by atoms with Crippen molar-refractivity contribution >= 4 is 41.7 Å². The first kappa shape index (κ1) is 23.4. The van der Waals surface area contributed by atoms with Gasteiger partial charge in [-0.15, -0.1) is 0 Å². The van der Waals surface area contributed by atoms with Crippen LogP contribution in [0.2, 0.25) is 0 Å². The van der Waals surface area contributed by atoms with Gasteiger partial charge in [0.1, 0.15) is 11.3 Å². The molecule has 0 aliphatic carbocycles. The number of amides is 1. The van der Waals surface area contributed by atoms with Gasteiger partial charge in [-0.25, -0.2) is 4.79 Å². The van der Waals surface area contributed by atoms with Gasteiger partial charge in [0.25, 0.3) is 5.56 Å². The van der Waals surface area contributed by atoms with Gasteiger partial charge in [0.05, 0.1) is 23.5 Å². The predicted molar refractivity (Wildman–Crippen MR) is 125 cm³/mol. The number of carboxylic acid groups (broad SMARTS) is 1. The van der Waals surface area contributed by atoms with Gasteiger partial charge in [0, 0.05) is 18.8 Å². The third kappa shape index (κ3) is 5.52. The van der Waals surface area contributed by atoms with Crippen molar-refractivity contribution in [3.63, 3.8) is 0 Å². The van der Waals surface area contributed by atoms with Crippen molar-refractivity contribution in [1.29, 1.82) is 0 Å². The van der Waals surface area contributed by atoms with E-state index in [-0.39, 0.29) is 33.2 Å². The van der Waals surface area contributed by atoms with Gasteiger partial charge in [0.15, 0.2) is 4.77 Å². The standard InChI is InChI=1S/C22H20N4O6S/c1-3-32-17-6-4-16(5-7-17)26-20(29)18(19(28)25-22(26)33)11-23-14-8-13(21(30)31)9-15(10-14)24-12(2)27/h4-11,29H,3H2,1-2H3,(H,24,27)(H,30,31)(H,25,28,33). The third-order valence-corrected chi connectivity index (χ3v) is 4.64. The number of nitrogens with one attached hydrogen (secondary N) is 2. The molecule has 170 valence electrons. The number of aromatic carboxylic acids is 1.